The maximum absolute atomic E-state index is 12.1. The Hall–Kier alpha value is -1.39. The Balaban J connectivity index is 1.81. The summed E-state index contributed by atoms with van der Waals surface area (Å²) in [5.41, 5.74) is 1.32. The molecule has 0 saturated heterocycles. The van der Waals surface area contributed by atoms with Crippen molar-refractivity contribution in [2.45, 2.75) is 19.3 Å². The fraction of sp³-hybridized carbons (Fsp3) is 0.231. The van der Waals surface area contributed by atoms with Crippen LogP contribution in [0.3, 0.4) is 0 Å². The molecule has 0 aromatic carbocycles. The van der Waals surface area contributed by atoms with Crippen LogP contribution in [0.5, 0.6) is 0 Å². The van der Waals surface area contributed by atoms with Crippen LogP contribution >= 0.6 is 22.9 Å². The first kappa shape index (κ1) is 11.7. The number of fused-ring (bicyclic) bond motifs is 1. The summed E-state index contributed by atoms with van der Waals surface area (Å²) in [6.07, 6.45) is 4.99. The summed E-state index contributed by atoms with van der Waals surface area (Å²) in [5, 5.41) is 3.20. The highest BCUT2D eigenvalue weighted by atomic mass is 35.5. The first-order valence-corrected chi connectivity index (χ1v) is 6.97. The van der Waals surface area contributed by atoms with Gasteiger partial charge in [0.1, 0.15) is 0 Å². The van der Waals surface area contributed by atoms with Crippen LogP contribution in [0, 0.1) is 0 Å². The van der Waals surface area contributed by atoms with E-state index in [1.54, 1.807) is 29.7 Å². The van der Waals surface area contributed by atoms with Gasteiger partial charge in [0.05, 0.1) is 9.90 Å². The van der Waals surface area contributed by atoms with Crippen LogP contribution < -0.4 is 5.32 Å². The number of nitrogens with zero attached hydrogens (tertiary/aromatic N) is 1. The highest BCUT2D eigenvalue weighted by Crippen LogP contribution is 2.31. The van der Waals surface area contributed by atoms with Gasteiger partial charge in [0.2, 0.25) is 0 Å². The number of amides is 1. The standard InChI is InChI=1S/C13H11ClN2OS/c14-9-4-2-6-15-12(9)16-13(17)11-7-8-3-1-5-10(8)18-11/h2,4,6-7H,1,3,5H2,(H,15,16,17). The number of carbonyl (C=O) groups is 1. The van der Waals surface area contributed by atoms with E-state index in [1.165, 1.54) is 16.9 Å². The third kappa shape index (κ3) is 2.13. The Kier molecular flexibility index (Phi) is 3.06. The summed E-state index contributed by atoms with van der Waals surface area (Å²) in [7, 11) is 0. The normalized spacial score (nSPS) is 13.4. The van der Waals surface area contributed by atoms with Crippen LogP contribution in [0.25, 0.3) is 0 Å². The predicted molar refractivity (Wildman–Crippen MR) is 73.5 cm³/mol. The lowest BCUT2D eigenvalue weighted by atomic mass is 10.2. The number of rotatable bonds is 2. The number of thiophene rings is 1. The van der Waals surface area contributed by atoms with Gasteiger partial charge >= 0.3 is 0 Å². The summed E-state index contributed by atoms with van der Waals surface area (Å²) in [4.78, 5) is 18.2. The molecule has 2 aromatic heterocycles. The van der Waals surface area contributed by atoms with Crippen molar-refractivity contribution in [3.8, 4) is 0 Å². The zero-order valence-corrected chi connectivity index (χ0v) is 11.1. The van der Waals surface area contributed by atoms with Crippen molar-refractivity contribution in [1.29, 1.82) is 0 Å². The van der Waals surface area contributed by atoms with Crippen molar-refractivity contribution in [1.82, 2.24) is 4.98 Å². The fourth-order valence-electron chi connectivity index (χ4n) is 2.09. The highest BCUT2D eigenvalue weighted by Gasteiger charge is 2.19. The van der Waals surface area contributed by atoms with Crippen molar-refractivity contribution in [3.05, 3.63) is 44.7 Å². The van der Waals surface area contributed by atoms with Crippen molar-refractivity contribution in [3.63, 3.8) is 0 Å². The van der Waals surface area contributed by atoms with Crippen molar-refractivity contribution >= 4 is 34.7 Å². The zero-order valence-electron chi connectivity index (χ0n) is 9.57. The van der Waals surface area contributed by atoms with E-state index in [0.717, 1.165) is 17.7 Å². The molecular weight excluding hydrogens is 268 g/mol. The number of halogens is 1. The molecule has 0 bridgehead atoms. The number of carbonyl (C=O) groups excluding carboxylic acids is 1. The van der Waals surface area contributed by atoms with Gasteiger partial charge < -0.3 is 5.32 Å². The van der Waals surface area contributed by atoms with Gasteiger partial charge in [-0.05, 0) is 43.0 Å². The van der Waals surface area contributed by atoms with Crippen LogP contribution in [0.2, 0.25) is 5.02 Å². The quantitative estimate of drug-likeness (QED) is 0.913. The van der Waals surface area contributed by atoms with Crippen molar-refractivity contribution in [2.75, 3.05) is 5.32 Å². The Morgan fingerprint density at radius 1 is 1.44 bits per heavy atom. The molecular formula is C13H11ClN2OS. The van der Waals surface area contributed by atoms with Gasteiger partial charge in [0.25, 0.3) is 5.91 Å². The Labute approximate surface area is 114 Å². The minimum atomic E-state index is -0.130. The third-order valence-electron chi connectivity index (χ3n) is 2.96. The molecule has 5 heteroatoms. The summed E-state index contributed by atoms with van der Waals surface area (Å²) < 4.78 is 0. The van der Waals surface area contributed by atoms with Crippen LogP contribution in [0.4, 0.5) is 5.82 Å². The van der Waals surface area contributed by atoms with Crippen molar-refractivity contribution < 1.29 is 4.79 Å². The average molecular weight is 279 g/mol. The summed E-state index contributed by atoms with van der Waals surface area (Å²) in [5.74, 6) is 0.285. The van der Waals surface area contributed by atoms with Gasteiger partial charge in [0.15, 0.2) is 5.82 Å². The monoisotopic (exact) mass is 278 g/mol. The molecule has 3 nitrogen and oxygen atoms in total. The van der Waals surface area contributed by atoms with Gasteiger partial charge in [-0.2, -0.15) is 0 Å². The first-order valence-electron chi connectivity index (χ1n) is 5.77. The minimum Gasteiger partial charge on any atom is -0.305 e. The van der Waals surface area contributed by atoms with Gasteiger partial charge in [-0.1, -0.05) is 11.6 Å². The number of nitrogens with one attached hydrogen (secondary N) is 1. The van der Waals surface area contributed by atoms with Crippen LogP contribution in [0.1, 0.15) is 26.5 Å². The summed E-state index contributed by atoms with van der Waals surface area (Å²) in [6, 6.07) is 5.43. The lowest BCUT2D eigenvalue weighted by Gasteiger charge is -2.03. The number of aromatic nitrogens is 1. The van der Waals surface area contributed by atoms with Gasteiger partial charge in [-0.25, -0.2) is 4.98 Å². The molecule has 1 aliphatic rings. The number of hydrogen-bond donors (Lipinski definition) is 1. The van der Waals surface area contributed by atoms with Gasteiger partial charge in [-0.15, -0.1) is 11.3 Å². The molecule has 1 amide bonds. The number of anilines is 1. The van der Waals surface area contributed by atoms with Crippen LogP contribution in [0.15, 0.2) is 24.4 Å². The molecule has 3 rings (SSSR count). The molecule has 1 aliphatic carbocycles. The Morgan fingerprint density at radius 3 is 3.11 bits per heavy atom. The molecule has 0 radical (unpaired) electrons. The van der Waals surface area contributed by atoms with E-state index in [9.17, 15) is 4.79 Å². The molecule has 18 heavy (non-hydrogen) atoms. The van der Waals surface area contributed by atoms with Crippen LogP contribution in [-0.4, -0.2) is 10.9 Å². The maximum atomic E-state index is 12.1. The van der Waals surface area contributed by atoms with E-state index in [-0.39, 0.29) is 5.91 Å². The highest BCUT2D eigenvalue weighted by molar-refractivity contribution is 7.14. The summed E-state index contributed by atoms with van der Waals surface area (Å²) >= 11 is 7.53. The Morgan fingerprint density at radius 2 is 2.33 bits per heavy atom. The van der Waals surface area contributed by atoms with E-state index >= 15 is 0 Å². The summed E-state index contributed by atoms with van der Waals surface area (Å²) in [6.45, 7) is 0. The molecule has 2 aromatic rings. The van der Waals surface area contributed by atoms with Crippen molar-refractivity contribution in [2.24, 2.45) is 0 Å². The lowest BCUT2D eigenvalue weighted by Crippen LogP contribution is -2.11. The molecule has 1 N–H and O–H groups in total. The minimum absolute atomic E-state index is 0.130. The molecule has 0 atom stereocenters. The van der Waals surface area contributed by atoms with E-state index in [0.29, 0.717) is 10.8 Å². The van der Waals surface area contributed by atoms with E-state index in [1.807, 2.05) is 6.07 Å². The van der Waals surface area contributed by atoms with Gasteiger partial charge in [-0.3, -0.25) is 4.79 Å². The largest absolute Gasteiger partial charge is 0.305 e. The maximum Gasteiger partial charge on any atom is 0.266 e. The fourth-order valence-corrected chi connectivity index (χ4v) is 3.41. The molecule has 2 heterocycles. The molecule has 0 aliphatic heterocycles. The average Bonchev–Trinajstić information content (AvgIpc) is 2.92. The zero-order chi connectivity index (χ0) is 12.5. The Bertz CT molecular complexity index is 587. The molecule has 0 saturated carbocycles. The predicted octanol–water partition coefficient (Wildman–Crippen LogP) is 3.54. The van der Waals surface area contributed by atoms with E-state index < -0.39 is 0 Å². The second-order valence-electron chi connectivity index (χ2n) is 4.20. The molecule has 92 valence electrons. The molecule has 0 fully saturated rings. The number of hydrogen-bond acceptors (Lipinski definition) is 3. The molecule has 0 unspecified atom stereocenters. The van der Waals surface area contributed by atoms with E-state index in [2.05, 4.69) is 10.3 Å². The van der Waals surface area contributed by atoms with E-state index in [4.69, 9.17) is 11.6 Å². The first-order chi connectivity index (χ1) is 8.74. The number of aryl methyl sites for hydroxylation is 2. The smallest absolute Gasteiger partial charge is 0.266 e. The molecule has 0 spiro atoms. The van der Waals surface area contributed by atoms with Crippen LogP contribution in [-0.2, 0) is 12.8 Å². The van der Waals surface area contributed by atoms with Gasteiger partial charge in [0, 0.05) is 11.1 Å². The second-order valence-corrected chi connectivity index (χ2v) is 5.74. The second kappa shape index (κ2) is 4.71. The topological polar surface area (TPSA) is 42.0 Å². The number of pyridine rings is 1. The lowest BCUT2D eigenvalue weighted by molar-refractivity contribution is 0.103. The SMILES string of the molecule is O=C(Nc1ncccc1Cl)c1cc2c(s1)CCC2. The third-order valence-corrected chi connectivity index (χ3v) is 4.50.